The number of benzene rings is 1. The van der Waals surface area contributed by atoms with Crippen molar-refractivity contribution in [3.8, 4) is 0 Å². The van der Waals surface area contributed by atoms with Gasteiger partial charge in [0.25, 0.3) is 0 Å². The number of rotatable bonds is 6. The van der Waals surface area contributed by atoms with Crippen LogP contribution >= 0.6 is 0 Å². The molecule has 5 nitrogen and oxygen atoms in total. The molecule has 0 saturated heterocycles. The predicted octanol–water partition coefficient (Wildman–Crippen LogP) is 2.57. The van der Waals surface area contributed by atoms with Gasteiger partial charge in [-0.15, -0.1) is 0 Å². The molecule has 1 N–H and O–H groups in total. The molecule has 0 atom stereocenters. The number of hydrogen-bond donors (Lipinski definition) is 1. The van der Waals surface area contributed by atoms with E-state index in [0.717, 1.165) is 12.8 Å². The maximum Gasteiger partial charge on any atom is 0.325 e. The van der Waals surface area contributed by atoms with Crippen molar-refractivity contribution >= 4 is 17.7 Å². The zero-order valence-corrected chi connectivity index (χ0v) is 12.0. The molecule has 21 heavy (non-hydrogen) atoms. The third kappa shape index (κ3) is 4.18. The second-order valence-corrected chi connectivity index (χ2v) is 5.22. The lowest BCUT2D eigenvalue weighted by atomic mass is 10.2. The maximum atomic E-state index is 13.3. The molecule has 1 aliphatic rings. The maximum absolute atomic E-state index is 13.3. The SMILES string of the molecule is CCN(C(=O)N(CC(=O)O)CC1CC1)c1cccc(F)c1. The molecule has 0 unspecified atom stereocenters. The minimum atomic E-state index is -1.04. The molecule has 0 spiro atoms. The van der Waals surface area contributed by atoms with Gasteiger partial charge >= 0.3 is 12.0 Å². The second-order valence-electron chi connectivity index (χ2n) is 5.22. The molecule has 0 aromatic heterocycles. The Labute approximate surface area is 123 Å². The first kappa shape index (κ1) is 15.3. The van der Waals surface area contributed by atoms with E-state index in [9.17, 15) is 14.0 Å². The molecule has 6 heteroatoms. The van der Waals surface area contributed by atoms with Gasteiger partial charge in [0.2, 0.25) is 0 Å². The van der Waals surface area contributed by atoms with Crippen molar-refractivity contribution in [2.75, 3.05) is 24.5 Å². The van der Waals surface area contributed by atoms with Crippen LogP contribution in [-0.2, 0) is 4.79 Å². The smallest absolute Gasteiger partial charge is 0.325 e. The van der Waals surface area contributed by atoms with Gasteiger partial charge < -0.3 is 10.0 Å². The lowest BCUT2D eigenvalue weighted by molar-refractivity contribution is -0.137. The van der Waals surface area contributed by atoms with Gasteiger partial charge in [0.05, 0.1) is 0 Å². The quantitative estimate of drug-likeness (QED) is 0.877. The first-order valence-corrected chi connectivity index (χ1v) is 7.05. The first-order valence-electron chi connectivity index (χ1n) is 7.05. The van der Waals surface area contributed by atoms with Gasteiger partial charge in [0.1, 0.15) is 12.4 Å². The fourth-order valence-electron chi connectivity index (χ4n) is 2.23. The summed E-state index contributed by atoms with van der Waals surface area (Å²) in [6, 6.07) is 5.36. The Morgan fingerprint density at radius 3 is 2.62 bits per heavy atom. The Morgan fingerprint density at radius 2 is 2.10 bits per heavy atom. The Bertz CT molecular complexity index is 531. The lowest BCUT2D eigenvalue weighted by Crippen LogP contribution is -2.46. The van der Waals surface area contributed by atoms with E-state index in [-0.39, 0.29) is 6.54 Å². The van der Waals surface area contributed by atoms with Crippen LogP contribution < -0.4 is 4.90 Å². The molecule has 1 aromatic carbocycles. The van der Waals surface area contributed by atoms with Crippen molar-refractivity contribution in [1.82, 2.24) is 4.90 Å². The van der Waals surface area contributed by atoms with Crippen LogP contribution in [0.2, 0.25) is 0 Å². The molecule has 114 valence electrons. The number of nitrogens with zero attached hydrogens (tertiary/aromatic N) is 2. The monoisotopic (exact) mass is 294 g/mol. The summed E-state index contributed by atoms with van der Waals surface area (Å²) in [7, 11) is 0. The summed E-state index contributed by atoms with van der Waals surface area (Å²) in [5.74, 6) is -1.08. The van der Waals surface area contributed by atoms with E-state index in [1.807, 2.05) is 0 Å². The van der Waals surface area contributed by atoms with Crippen LogP contribution in [0.4, 0.5) is 14.9 Å². The van der Waals surface area contributed by atoms with Gasteiger partial charge in [-0.05, 0) is 43.9 Å². The number of halogens is 1. The summed E-state index contributed by atoms with van der Waals surface area (Å²) in [5, 5.41) is 8.96. The topological polar surface area (TPSA) is 60.9 Å². The average molecular weight is 294 g/mol. The minimum Gasteiger partial charge on any atom is -0.480 e. The van der Waals surface area contributed by atoms with Crippen LogP contribution in [0.3, 0.4) is 0 Å². The highest BCUT2D eigenvalue weighted by Gasteiger charge is 2.30. The van der Waals surface area contributed by atoms with Crippen LogP contribution in [0, 0.1) is 11.7 Å². The largest absolute Gasteiger partial charge is 0.480 e. The highest BCUT2D eigenvalue weighted by atomic mass is 19.1. The Balaban J connectivity index is 2.17. The summed E-state index contributed by atoms with van der Waals surface area (Å²) in [6.07, 6.45) is 2.05. The lowest BCUT2D eigenvalue weighted by Gasteiger charge is -2.29. The number of hydrogen-bond acceptors (Lipinski definition) is 2. The molecule has 0 bridgehead atoms. The van der Waals surface area contributed by atoms with Gasteiger partial charge in [-0.2, -0.15) is 0 Å². The van der Waals surface area contributed by atoms with E-state index in [0.29, 0.717) is 24.7 Å². The zero-order valence-electron chi connectivity index (χ0n) is 12.0. The summed E-state index contributed by atoms with van der Waals surface area (Å²) in [4.78, 5) is 26.2. The van der Waals surface area contributed by atoms with Crippen molar-refractivity contribution in [3.05, 3.63) is 30.1 Å². The van der Waals surface area contributed by atoms with Crippen LogP contribution in [0.5, 0.6) is 0 Å². The zero-order chi connectivity index (χ0) is 15.4. The van der Waals surface area contributed by atoms with Crippen LogP contribution in [-0.4, -0.2) is 41.6 Å². The van der Waals surface area contributed by atoms with E-state index < -0.39 is 17.8 Å². The number of carbonyl (C=O) groups is 2. The molecular formula is C15H19FN2O3. The fraction of sp³-hybridized carbons (Fsp3) is 0.467. The van der Waals surface area contributed by atoms with Gasteiger partial charge in [0.15, 0.2) is 0 Å². The third-order valence-corrected chi connectivity index (χ3v) is 3.44. The van der Waals surface area contributed by atoms with Crippen LogP contribution in [0.15, 0.2) is 24.3 Å². The number of amides is 2. The summed E-state index contributed by atoms with van der Waals surface area (Å²) in [6.45, 7) is 2.24. The molecule has 1 saturated carbocycles. The minimum absolute atomic E-state index is 0.332. The fourth-order valence-corrected chi connectivity index (χ4v) is 2.23. The first-order chi connectivity index (χ1) is 10.0. The number of carboxylic acid groups (broad SMARTS) is 1. The number of carbonyl (C=O) groups excluding carboxylic acids is 1. The van der Waals surface area contributed by atoms with Gasteiger partial charge in [-0.1, -0.05) is 6.07 Å². The molecule has 2 rings (SSSR count). The molecule has 2 amide bonds. The third-order valence-electron chi connectivity index (χ3n) is 3.44. The van der Waals surface area contributed by atoms with E-state index >= 15 is 0 Å². The molecule has 0 aliphatic heterocycles. The average Bonchev–Trinajstić information content (AvgIpc) is 3.22. The highest BCUT2D eigenvalue weighted by molar-refractivity contribution is 5.93. The Morgan fingerprint density at radius 1 is 1.38 bits per heavy atom. The number of urea groups is 1. The molecule has 0 radical (unpaired) electrons. The normalized spacial score (nSPS) is 13.8. The predicted molar refractivity (Wildman–Crippen MR) is 76.7 cm³/mol. The molecule has 0 heterocycles. The van der Waals surface area contributed by atoms with Crippen LogP contribution in [0.1, 0.15) is 19.8 Å². The van der Waals surface area contributed by atoms with Crippen molar-refractivity contribution in [2.45, 2.75) is 19.8 Å². The van der Waals surface area contributed by atoms with Gasteiger partial charge in [-0.3, -0.25) is 9.69 Å². The number of aliphatic carboxylic acids is 1. The van der Waals surface area contributed by atoms with Gasteiger partial charge in [-0.25, -0.2) is 9.18 Å². The molecule has 1 fully saturated rings. The summed E-state index contributed by atoms with van der Waals surface area (Å²) >= 11 is 0. The summed E-state index contributed by atoms with van der Waals surface area (Å²) in [5.41, 5.74) is 0.439. The number of carboxylic acids is 1. The van der Waals surface area contributed by atoms with E-state index in [4.69, 9.17) is 5.11 Å². The highest BCUT2D eigenvalue weighted by Crippen LogP contribution is 2.30. The van der Waals surface area contributed by atoms with E-state index in [2.05, 4.69) is 0 Å². The summed E-state index contributed by atoms with van der Waals surface area (Å²) < 4.78 is 13.3. The Hall–Kier alpha value is -2.11. The van der Waals surface area contributed by atoms with Gasteiger partial charge in [0, 0.05) is 18.8 Å². The van der Waals surface area contributed by atoms with E-state index in [1.165, 1.54) is 28.0 Å². The van der Waals surface area contributed by atoms with Crippen LogP contribution in [0.25, 0.3) is 0 Å². The molecular weight excluding hydrogens is 275 g/mol. The van der Waals surface area contributed by atoms with E-state index in [1.54, 1.807) is 13.0 Å². The van der Waals surface area contributed by atoms with Crippen molar-refractivity contribution in [2.24, 2.45) is 5.92 Å². The van der Waals surface area contributed by atoms with Crippen molar-refractivity contribution in [3.63, 3.8) is 0 Å². The van der Waals surface area contributed by atoms with Crippen molar-refractivity contribution in [1.29, 1.82) is 0 Å². The molecule has 1 aliphatic carbocycles. The second kappa shape index (κ2) is 6.56. The molecule has 1 aromatic rings. The standard InChI is InChI=1S/C15H19FN2O3/c1-2-18(13-5-3-4-12(16)8-13)15(21)17(10-14(19)20)9-11-6-7-11/h3-5,8,11H,2,6-7,9-10H2,1H3,(H,19,20). The number of anilines is 1. The Kier molecular flexibility index (Phi) is 4.77. The van der Waals surface area contributed by atoms with Crippen molar-refractivity contribution < 1.29 is 19.1 Å².